The van der Waals surface area contributed by atoms with E-state index in [9.17, 15) is 27.2 Å². The average Bonchev–Trinajstić information content (AvgIpc) is 4.22. The Bertz CT molecular complexity index is 3290. The van der Waals surface area contributed by atoms with Crippen LogP contribution in [0.4, 0.5) is 46.4 Å². The van der Waals surface area contributed by atoms with Crippen LogP contribution in [0.5, 0.6) is 5.75 Å². The van der Waals surface area contributed by atoms with Gasteiger partial charge in [-0.05, 0) is 98.0 Å². The van der Waals surface area contributed by atoms with Gasteiger partial charge >= 0.3 is 6.18 Å². The molecule has 14 heteroatoms. The lowest BCUT2D eigenvalue weighted by Crippen LogP contribution is -2.19. The first-order chi connectivity index (χ1) is 34.5. The molecule has 1 fully saturated rings. The second-order valence-corrected chi connectivity index (χ2v) is 16.1. The first-order valence-corrected chi connectivity index (χ1v) is 23.6. The summed E-state index contributed by atoms with van der Waals surface area (Å²) in [4.78, 5) is 35.5. The molecule has 4 heterocycles. The van der Waals surface area contributed by atoms with Crippen molar-refractivity contribution < 1.29 is 22.3 Å². The highest BCUT2D eigenvalue weighted by Gasteiger charge is 2.36. The standard InChI is InChI=1S/C28H20F4N4O.C25H23N3O2.2C2H6/c29-19-13-11-18(12-14-19)17-33-24-15-22(28(30,31)32)26-23(37)16-25(34-20-7-3-1-4-8-20)36(27(26)35-24)21-9-5-2-6-10-21;1-17-14-22(30-16-18-12-13-18)24-21(29)15-23(27-19-8-4-2-5-9-19)28(25(24)26-17)20-10-6-3-7-11-20;2*1-2/h1-16,34H,17H2,(H,33,35);2-11,14-15,18,27H,12-13,16H2,1H3;2*1-2H3. The number of hydrogen-bond acceptors (Lipinski definition) is 8. The third-order valence-corrected chi connectivity index (χ3v) is 11.0. The van der Waals surface area contributed by atoms with E-state index in [0.29, 0.717) is 52.1 Å². The summed E-state index contributed by atoms with van der Waals surface area (Å²) in [6.07, 6.45) is -2.42. The zero-order chi connectivity index (χ0) is 50.5. The van der Waals surface area contributed by atoms with Gasteiger partial charge in [0.2, 0.25) is 0 Å². The SMILES string of the molecule is CC.CC.Cc1cc(OCC2CC2)c2c(=O)cc(Nc3ccccc3)n(-c3ccccc3)c2n1.O=c1cc(Nc2ccccc2)n(-c2ccccc2)c2nc(NCc3ccc(F)cc3)cc(C(F)(F)F)c12. The van der Waals surface area contributed by atoms with Gasteiger partial charge in [0, 0.05) is 53.2 Å². The number of nitrogens with zero attached hydrogens (tertiary/aromatic N) is 4. The average molecular weight is 962 g/mol. The van der Waals surface area contributed by atoms with Gasteiger partial charge in [-0.1, -0.05) is 113 Å². The minimum atomic E-state index is -4.81. The van der Waals surface area contributed by atoms with Crippen molar-refractivity contribution in [2.24, 2.45) is 5.92 Å². The second-order valence-electron chi connectivity index (χ2n) is 16.1. The molecule has 0 spiro atoms. The van der Waals surface area contributed by atoms with Gasteiger partial charge in [-0.25, -0.2) is 14.4 Å². The molecule has 0 aliphatic heterocycles. The van der Waals surface area contributed by atoms with Crippen LogP contribution in [0, 0.1) is 18.7 Å². The van der Waals surface area contributed by atoms with Crippen LogP contribution >= 0.6 is 0 Å². The summed E-state index contributed by atoms with van der Waals surface area (Å²) in [5.74, 6) is 1.64. The van der Waals surface area contributed by atoms with E-state index < -0.39 is 28.4 Å². The van der Waals surface area contributed by atoms with Crippen LogP contribution < -0.4 is 31.5 Å². The molecule has 9 aromatic rings. The molecule has 0 atom stereocenters. The summed E-state index contributed by atoms with van der Waals surface area (Å²) in [7, 11) is 0. The lowest BCUT2D eigenvalue weighted by molar-refractivity contribution is -0.136. The molecule has 0 unspecified atom stereocenters. The van der Waals surface area contributed by atoms with Gasteiger partial charge in [-0.2, -0.15) is 13.2 Å². The maximum atomic E-state index is 14.2. The fourth-order valence-electron chi connectivity index (χ4n) is 7.62. The van der Waals surface area contributed by atoms with Crippen molar-refractivity contribution in [3.63, 3.8) is 0 Å². The first kappa shape index (κ1) is 50.6. The number of aromatic nitrogens is 4. The molecule has 1 aliphatic carbocycles. The molecule has 71 heavy (non-hydrogen) atoms. The van der Waals surface area contributed by atoms with E-state index in [1.54, 1.807) is 60.7 Å². The van der Waals surface area contributed by atoms with Crippen LogP contribution in [0.1, 0.15) is 57.4 Å². The molecule has 0 radical (unpaired) electrons. The van der Waals surface area contributed by atoms with Crippen molar-refractivity contribution in [2.75, 3.05) is 22.6 Å². The van der Waals surface area contributed by atoms with Gasteiger partial charge in [-0.15, -0.1) is 0 Å². The number of anilines is 5. The Kier molecular flexibility index (Phi) is 16.7. The minimum Gasteiger partial charge on any atom is -0.492 e. The van der Waals surface area contributed by atoms with Crippen LogP contribution in [0.3, 0.4) is 0 Å². The van der Waals surface area contributed by atoms with Crippen LogP contribution in [-0.2, 0) is 12.7 Å². The number of nitrogens with one attached hydrogen (secondary N) is 3. The normalized spacial score (nSPS) is 11.8. The zero-order valence-corrected chi connectivity index (χ0v) is 40.1. The lowest BCUT2D eigenvalue weighted by atomic mass is 10.1. The number of benzene rings is 5. The predicted molar refractivity (Wildman–Crippen MR) is 279 cm³/mol. The molecule has 10 nitrogen and oxygen atoms in total. The summed E-state index contributed by atoms with van der Waals surface area (Å²) in [5, 5.41) is 9.38. The maximum Gasteiger partial charge on any atom is 0.417 e. The smallest absolute Gasteiger partial charge is 0.417 e. The Morgan fingerprint density at radius 3 is 1.55 bits per heavy atom. The van der Waals surface area contributed by atoms with Crippen molar-refractivity contribution in [3.05, 3.63) is 213 Å². The van der Waals surface area contributed by atoms with Crippen molar-refractivity contribution in [2.45, 2.75) is 60.2 Å². The summed E-state index contributed by atoms with van der Waals surface area (Å²) < 4.78 is 65.4. The van der Waals surface area contributed by atoms with Crippen LogP contribution in [-0.4, -0.2) is 25.7 Å². The highest BCUT2D eigenvalue weighted by Crippen LogP contribution is 2.37. The van der Waals surface area contributed by atoms with Crippen LogP contribution in [0.25, 0.3) is 33.4 Å². The first-order valence-electron chi connectivity index (χ1n) is 23.6. The second kappa shape index (κ2) is 23.4. The Labute approximate surface area is 409 Å². The fourth-order valence-corrected chi connectivity index (χ4v) is 7.62. The quantitative estimate of drug-likeness (QED) is 0.104. The molecule has 5 aromatic carbocycles. The Morgan fingerprint density at radius 2 is 1.07 bits per heavy atom. The summed E-state index contributed by atoms with van der Waals surface area (Å²) in [6, 6.07) is 48.5. The van der Waals surface area contributed by atoms with Gasteiger partial charge in [-0.3, -0.25) is 18.7 Å². The third-order valence-electron chi connectivity index (χ3n) is 11.0. The molecular weight excluding hydrogens is 907 g/mol. The number of ether oxygens (including phenoxy) is 1. The molecule has 10 rings (SSSR count). The molecule has 1 aliphatic rings. The molecule has 364 valence electrons. The number of pyridine rings is 4. The molecule has 0 bridgehead atoms. The fraction of sp³-hybridized carbons (Fsp3) is 0.193. The van der Waals surface area contributed by atoms with Crippen molar-refractivity contribution in [3.8, 4) is 17.1 Å². The van der Waals surface area contributed by atoms with Crippen LogP contribution in [0.15, 0.2) is 179 Å². The maximum absolute atomic E-state index is 14.2. The number of hydrogen-bond donors (Lipinski definition) is 3. The highest BCUT2D eigenvalue weighted by atomic mass is 19.4. The van der Waals surface area contributed by atoms with E-state index in [-0.39, 0.29) is 29.3 Å². The van der Waals surface area contributed by atoms with Crippen LogP contribution in [0.2, 0.25) is 0 Å². The molecule has 3 N–H and O–H groups in total. The van der Waals surface area contributed by atoms with Crippen molar-refractivity contribution in [1.29, 1.82) is 0 Å². The Morgan fingerprint density at radius 1 is 0.606 bits per heavy atom. The predicted octanol–water partition coefficient (Wildman–Crippen LogP) is 14.2. The Hall–Kier alpha value is -8.26. The van der Waals surface area contributed by atoms with Gasteiger partial charge in [0.05, 0.1) is 17.6 Å². The lowest BCUT2D eigenvalue weighted by Gasteiger charge is -2.20. The largest absolute Gasteiger partial charge is 0.492 e. The number of alkyl halides is 3. The van der Waals surface area contributed by atoms with Crippen molar-refractivity contribution in [1.82, 2.24) is 19.1 Å². The van der Waals surface area contributed by atoms with Gasteiger partial charge < -0.3 is 20.7 Å². The molecule has 0 saturated heterocycles. The summed E-state index contributed by atoms with van der Waals surface area (Å²) in [5.41, 5.74) is 2.87. The van der Waals surface area contributed by atoms with E-state index in [0.717, 1.165) is 29.2 Å². The number of para-hydroxylation sites is 4. The summed E-state index contributed by atoms with van der Waals surface area (Å²) in [6.45, 7) is 10.7. The molecular formula is C57H55F4N7O3. The minimum absolute atomic E-state index is 0.0786. The Balaban J connectivity index is 0.000000199. The number of aryl methyl sites for hydroxylation is 1. The third kappa shape index (κ3) is 12.5. The highest BCUT2D eigenvalue weighted by molar-refractivity contribution is 5.87. The monoisotopic (exact) mass is 961 g/mol. The molecule has 4 aromatic heterocycles. The molecule has 0 amide bonds. The van der Waals surface area contributed by atoms with E-state index in [4.69, 9.17) is 9.72 Å². The van der Waals surface area contributed by atoms with Gasteiger partial charge in [0.25, 0.3) is 0 Å². The van der Waals surface area contributed by atoms with Crippen molar-refractivity contribution >= 4 is 50.9 Å². The molecule has 1 saturated carbocycles. The number of halogens is 4. The number of fused-ring (bicyclic) bond motifs is 2. The van der Waals surface area contributed by atoms with E-state index in [2.05, 4.69) is 20.9 Å². The van der Waals surface area contributed by atoms with E-state index in [1.165, 1.54) is 41.7 Å². The van der Waals surface area contributed by atoms with E-state index >= 15 is 0 Å². The number of rotatable bonds is 12. The summed E-state index contributed by atoms with van der Waals surface area (Å²) >= 11 is 0. The van der Waals surface area contributed by atoms with Gasteiger partial charge in [0.15, 0.2) is 22.2 Å². The van der Waals surface area contributed by atoms with Gasteiger partial charge in [0.1, 0.15) is 34.4 Å². The topological polar surface area (TPSA) is 115 Å². The van der Waals surface area contributed by atoms with E-state index in [1.807, 2.05) is 112 Å². The zero-order valence-electron chi connectivity index (χ0n) is 40.1.